The first kappa shape index (κ1) is 10.2. The molecule has 0 radical (unpaired) electrons. The van der Waals surface area contributed by atoms with Crippen LogP contribution < -0.4 is 5.32 Å². The lowest BCUT2D eigenvalue weighted by Crippen LogP contribution is -2.08. The molecule has 11 heavy (non-hydrogen) atoms. The monoisotopic (exact) mass is 151 g/mol. The maximum absolute atomic E-state index is 3.77. The Morgan fingerprint density at radius 3 is 2.55 bits per heavy atom. The average molecular weight is 151 g/mol. The molecule has 0 bridgehead atoms. The van der Waals surface area contributed by atoms with E-state index in [2.05, 4.69) is 24.9 Å². The van der Waals surface area contributed by atoms with Crippen molar-refractivity contribution < 1.29 is 0 Å². The van der Waals surface area contributed by atoms with Crippen molar-refractivity contribution in [1.29, 1.82) is 0 Å². The van der Waals surface area contributed by atoms with E-state index in [1.54, 1.807) is 0 Å². The Hall–Kier alpha value is -0.820. The molecule has 0 aliphatic rings. The van der Waals surface area contributed by atoms with Crippen LogP contribution in [0.4, 0.5) is 0 Å². The molecule has 0 saturated carbocycles. The molecule has 0 amide bonds. The lowest BCUT2D eigenvalue weighted by atomic mass is 10.2. The predicted molar refractivity (Wildman–Crippen MR) is 51.6 cm³/mol. The molecule has 62 valence electrons. The van der Waals surface area contributed by atoms with Crippen LogP contribution in [0.2, 0.25) is 0 Å². The zero-order chi connectivity index (χ0) is 8.69. The van der Waals surface area contributed by atoms with Gasteiger partial charge in [0.1, 0.15) is 0 Å². The average Bonchev–Trinajstić information content (AvgIpc) is 1.87. The van der Waals surface area contributed by atoms with Crippen molar-refractivity contribution in [2.75, 3.05) is 13.6 Å². The molecule has 1 nitrogen and oxygen atoms in total. The zero-order valence-corrected chi connectivity index (χ0v) is 7.65. The Bertz CT molecular complexity index is 175. The van der Waals surface area contributed by atoms with E-state index in [4.69, 9.17) is 0 Å². The van der Waals surface area contributed by atoms with Crippen molar-refractivity contribution in [2.24, 2.45) is 0 Å². The third-order valence-corrected chi connectivity index (χ3v) is 1.22. The molecule has 0 spiro atoms. The summed E-state index contributed by atoms with van der Waals surface area (Å²) in [5.74, 6) is 0. The van der Waals surface area contributed by atoms with Crippen molar-refractivity contribution in [3.8, 4) is 0 Å². The third-order valence-electron chi connectivity index (χ3n) is 1.22. The van der Waals surface area contributed by atoms with E-state index in [0.29, 0.717) is 0 Å². The van der Waals surface area contributed by atoms with Gasteiger partial charge in [0.25, 0.3) is 0 Å². The van der Waals surface area contributed by atoms with Gasteiger partial charge in [-0.3, -0.25) is 0 Å². The minimum atomic E-state index is 0.945. The lowest BCUT2D eigenvalue weighted by molar-refractivity contribution is 0.880. The van der Waals surface area contributed by atoms with E-state index in [9.17, 15) is 0 Å². The molecule has 0 aliphatic carbocycles. The van der Waals surface area contributed by atoms with E-state index in [1.807, 2.05) is 26.1 Å². The number of rotatable bonds is 4. The summed E-state index contributed by atoms with van der Waals surface area (Å²) < 4.78 is 0. The molecule has 0 fully saturated rings. The number of hydrogen-bond acceptors (Lipinski definition) is 1. The highest BCUT2D eigenvalue weighted by Gasteiger charge is 1.81. The highest BCUT2D eigenvalue weighted by Crippen LogP contribution is 1.93. The molecule has 0 aromatic rings. The first-order chi connectivity index (χ1) is 5.16. The Labute approximate surface area is 69.5 Å². The smallest absolute Gasteiger partial charge is 0.0161 e. The number of nitrogens with one attached hydrogen (secondary N) is 1. The van der Waals surface area contributed by atoms with E-state index in [0.717, 1.165) is 12.1 Å². The van der Waals surface area contributed by atoms with Gasteiger partial charge in [-0.15, -0.1) is 0 Å². The molecule has 0 aromatic carbocycles. The summed E-state index contributed by atoms with van der Waals surface area (Å²) in [7, 11) is 1.94. The van der Waals surface area contributed by atoms with Gasteiger partial charge >= 0.3 is 0 Å². The van der Waals surface area contributed by atoms with E-state index in [-0.39, 0.29) is 0 Å². The number of hydrogen-bond donors (Lipinski definition) is 1. The molecule has 0 saturated heterocycles. The highest BCUT2D eigenvalue weighted by atomic mass is 14.8. The first-order valence-corrected chi connectivity index (χ1v) is 3.80. The third kappa shape index (κ3) is 7.07. The van der Waals surface area contributed by atoms with Crippen molar-refractivity contribution in [3.05, 3.63) is 36.0 Å². The van der Waals surface area contributed by atoms with Crippen LogP contribution in [0.25, 0.3) is 0 Å². The van der Waals surface area contributed by atoms with E-state index >= 15 is 0 Å². The van der Waals surface area contributed by atoms with E-state index in [1.165, 1.54) is 5.57 Å². The Morgan fingerprint density at radius 1 is 1.45 bits per heavy atom. The minimum absolute atomic E-state index is 0.945. The second kappa shape index (κ2) is 5.93. The van der Waals surface area contributed by atoms with Crippen LogP contribution in [0.15, 0.2) is 36.0 Å². The van der Waals surface area contributed by atoms with Gasteiger partial charge in [-0.2, -0.15) is 0 Å². The summed E-state index contributed by atoms with van der Waals surface area (Å²) in [4.78, 5) is 0. The fourth-order valence-electron chi connectivity index (χ4n) is 0.714. The van der Waals surface area contributed by atoms with Gasteiger partial charge in [-0.1, -0.05) is 36.0 Å². The summed E-state index contributed by atoms with van der Waals surface area (Å²) in [5.41, 5.74) is 2.41. The van der Waals surface area contributed by atoms with Gasteiger partial charge in [-0.25, -0.2) is 0 Å². The van der Waals surface area contributed by atoms with Crippen molar-refractivity contribution in [1.82, 2.24) is 5.32 Å². The standard InChI is InChI=1S/C10H17N/c1-9(2)6-5-7-10(3)8-11-4/h5-7,11H,1,8H2,2-4H3. The summed E-state index contributed by atoms with van der Waals surface area (Å²) in [6.07, 6.45) is 6.11. The fourth-order valence-corrected chi connectivity index (χ4v) is 0.714. The summed E-state index contributed by atoms with van der Waals surface area (Å²) in [6.45, 7) is 8.79. The molecule has 1 N–H and O–H groups in total. The van der Waals surface area contributed by atoms with Gasteiger partial charge in [0, 0.05) is 6.54 Å². The quantitative estimate of drug-likeness (QED) is 0.608. The van der Waals surface area contributed by atoms with Crippen LogP contribution in [-0.4, -0.2) is 13.6 Å². The van der Waals surface area contributed by atoms with Crippen molar-refractivity contribution in [2.45, 2.75) is 13.8 Å². The normalized spacial score (nSPS) is 12.5. The summed E-state index contributed by atoms with van der Waals surface area (Å²) >= 11 is 0. The molecule has 1 heteroatoms. The molecule has 0 aliphatic heterocycles. The van der Waals surface area contributed by atoms with Gasteiger partial charge in [0.2, 0.25) is 0 Å². The van der Waals surface area contributed by atoms with Crippen molar-refractivity contribution in [3.63, 3.8) is 0 Å². The molecule has 0 heterocycles. The number of likely N-dealkylation sites (N-methyl/N-ethyl adjacent to an activating group) is 1. The Balaban J connectivity index is 3.80. The topological polar surface area (TPSA) is 12.0 Å². The van der Waals surface area contributed by atoms with Crippen molar-refractivity contribution >= 4 is 0 Å². The first-order valence-electron chi connectivity index (χ1n) is 3.80. The zero-order valence-electron chi connectivity index (χ0n) is 7.65. The molecule has 0 rings (SSSR count). The van der Waals surface area contributed by atoms with Crippen LogP contribution in [0.3, 0.4) is 0 Å². The van der Waals surface area contributed by atoms with Crippen LogP contribution in [-0.2, 0) is 0 Å². The van der Waals surface area contributed by atoms with Gasteiger partial charge in [0.05, 0.1) is 0 Å². The fraction of sp³-hybridized carbons (Fsp3) is 0.400. The number of allylic oxidation sites excluding steroid dienone is 4. The highest BCUT2D eigenvalue weighted by molar-refractivity contribution is 5.19. The van der Waals surface area contributed by atoms with Crippen LogP contribution >= 0.6 is 0 Å². The maximum Gasteiger partial charge on any atom is 0.0161 e. The van der Waals surface area contributed by atoms with Gasteiger partial charge in [-0.05, 0) is 20.9 Å². The summed E-state index contributed by atoms with van der Waals surface area (Å²) in [5, 5.41) is 3.08. The molecular formula is C10H17N. The minimum Gasteiger partial charge on any atom is -0.316 e. The molecule has 0 unspecified atom stereocenters. The molecule has 0 aromatic heterocycles. The van der Waals surface area contributed by atoms with E-state index < -0.39 is 0 Å². The maximum atomic E-state index is 3.77. The van der Waals surface area contributed by atoms with Crippen LogP contribution in [0.5, 0.6) is 0 Å². The second-order valence-corrected chi connectivity index (χ2v) is 2.75. The van der Waals surface area contributed by atoms with Gasteiger partial charge in [0.15, 0.2) is 0 Å². The SMILES string of the molecule is C=C(C)C=CC=C(C)CNC. The largest absolute Gasteiger partial charge is 0.316 e. The summed E-state index contributed by atoms with van der Waals surface area (Å²) in [6, 6.07) is 0. The second-order valence-electron chi connectivity index (χ2n) is 2.75. The van der Waals surface area contributed by atoms with Gasteiger partial charge < -0.3 is 5.32 Å². The predicted octanol–water partition coefficient (Wildman–Crippen LogP) is 2.28. The van der Waals surface area contributed by atoms with Crippen LogP contribution in [0, 0.1) is 0 Å². The molecular weight excluding hydrogens is 134 g/mol. The Kier molecular flexibility index (Phi) is 5.49. The lowest BCUT2D eigenvalue weighted by Gasteiger charge is -1.95. The van der Waals surface area contributed by atoms with Crippen LogP contribution in [0.1, 0.15) is 13.8 Å². The molecule has 0 atom stereocenters. The Morgan fingerprint density at radius 2 is 2.09 bits per heavy atom.